The number of nitriles is 1. The molecule has 0 bridgehead atoms. The van der Waals surface area contributed by atoms with Crippen LogP contribution in [0.25, 0.3) is 22.3 Å². The molecule has 250 valence electrons. The maximum Gasteiger partial charge on any atom is 0.264 e. The third-order valence-corrected chi connectivity index (χ3v) is 9.43. The minimum atomic E-state index is -0.532. The van der Waals surface area contributed by atoms with Gasteiger partial charge in [0.15, 0.2) is 5.65 Å². The Balaban J connectivity index is 1.25. The molecule has 2 N–H and O–H groups in total. The summed E-state index contributed by atoms with van der Waals surface area (Å²) < 4.78 is 23.2. The number of carbonyl (C=O) groups is 1. The molecule has 11 nitrogen and oxygen atoms in total. The van der Waals surface area contributed by atoms with E-state index in [4.69, 9.17) is 15.6 Å². The number of nitrogens with zero attached hydrogens (tertiary/aromatic N) is 8. The average Bonchev–Trinajstić information content (AvgIpc) is 3.48. The Morgan fingerprint density at radius 2 is 1.83 bits per heavy atom. The Morgan fingerprint density at radius 3 is 2.52 bits per heavy atom. The van der Waals surface area contributed by atoms with E-state index < -0.39 is 11.4 Å². The van der Waals surface area contributed by atoms with Crippen molar-refractivity contribution in [3.8, 4) is 28.8 Å². The molecule has 48 heavy (non-hydrogen) atoms. The van der Waals surface area contributed by atoms with Gasteiger partial charge in [-0.2, -0.15) is 10.4 Å². The van der Waals surface area contributed by atoms with Gasteiger partial charge < -0.3 is 15.4 Å². The third kappa shape index (κ3) is 6.74. The molecule has 0 unspecified atom stereocenters. The molecule has 2 aliphatic heterocycles. The number of anilines is 1. The molecule has 0 radical (unpaired) electrons. The molecule has 2 aliphatic rings. The van der Waals surface area contributed by atoms with Crippen LogP contribution >= 0.6 is 0 Å². The zero-order valence-electron chi connectivity index (χ0n) is 27.9. The van der Waals surface area contributed by atoms with Crippen LogP contribution in [-0.4, -0.2) is 91.2 Å². The molecule has 1 atom stereocenters. The average molecular weight is 652 g/mol. The van der Waals surface area contributed by atoms with Gasteiger partial charge >= 0.3 is 0 Å². The standard InChI is InChI=1S/C36H42FN9O2/c1-24(2)43-15-17-45(18-16-43)36(3,4)20-25(21-38)35(47)44-14-8-9-26(22-44)46-34-31(33(39)40-23-41-34)32(42-46)29-13-12-28(19-30(29)37)48-27-10-6-5-7-11-27/h5-7,10-13,19-20,23-24,26H,8-9,14-18,22H2,1-4H3,(H2,39,40,41)/b25-20-/t26-/m1/s1. The number of rotatable bonds is 8. The largest absolute Gasteiger partial charge is 0.457 e. The molecule has 4 heterocycles. The summed E-state index contributed by atoms with van der Waals surface area (Å²) in [5.74, 6) is 0.285. The summed E-state index contributed by atoms with van der Waals surface area (Å²) in [6.45, 7) is 13.0. The van der Waals surface area contributed by atoms with Crippen molar-refractivity contribution < 1.29 is 13.9 Å². The Hall–Kier alpha value is -4.86. The fraction of sp³-hybridized carbons (Fsp3) is 0.417. The second kappa shape index (κ2) is 13.7. The van der Waals surface area contributed by atoms with E-state index in [1.807, 2.05) is 24.3 Å². The number of piperazine rings is 1. The molecule has 2 aromatic carbocycles. The maximum absolute atomic E-state index is 15.7. The van der Waals surface area contributed by atoms with Crippen LogP contribution in [0.1, 0.15) is 46.6 Å². The van der Waals surface area contributed by atoms with Crippen LogP contribution in [0.3, 0.4) is 0 Å². The van der Waals surface area contributed by atoms with Gasteiger partial charge in [0.25, 0.3) is 5.91 Å². The number of carbonyl (C=O) groups excluding carboxylic acids is 1. The van der Waals surface area contributed by atoms with E-state index in [0.717, 1.165) is 26.2 Å². The lowest BCUT2D eigenvalue weighted by atomic mass is 9.96. The lowest BCUT2D eigenvalue weighted by molar-refractivity contribution is -0.128. The molecule has 2 saturated heterocycles. The number of amides is 1. The van der Waals surface area contributed by atoms with E-state index in [1.54, 1.807) is 33.8 Å². The Morgan fingerprint density at radius 1 is 1.08 bits per heavy atom. The maximum atomic E-state index is 15.7. The van der Waals surface area contributed by atoms with Crippen LogP contribution < -0.4 is 10.5 Å². The van der Waals surface area contributed by atoms with Crippen molar-refractivity contribution in [2.45, 2.75) is 58.2 Å². The molecule has 6 rings (SSSR count). The van der Waals surface area contributed by atoms with Crippen molar-refractivity contribution in [2.24, 2.45) is 0 Å². The molecule has 1 amide bonds. The van der Waals surface area contributed by atoms with Gasteiger partial charge in [0.05, 0.1) is 11.4 Å². The molecular weight excluding hydrogens is 609 g/mol. The highest BCUT2D eigenvalue weighted by Crippen LogP contribution is 2.36. The van der Waals surface area contributed by atoms with Gasteiger partial charge in [0, 0.05) is 62.5 Å². The predicted octanol–water partition coefficient (Wildman–Crippen LogP) is 5.42. The summed E-state index contributed by atoms with van der Waals surface area (Å²) in [6, 6.07) is 16.2. The molecule has 0 aliphatic carbocycles. The number of hydrogen-bond donors (Lipinski definition) is 1. The van der Waals surface area contributed by atoms with Crippen LogP contribution in [0.2, 0.25) is 0 Å². The summed E-state index contributed by atoms with van der Waals surface area (Å²) in [5.41, 5.74) is 6.99. The van der Waals surface area contributed by atoms with E-state index >= 15 is 4.39 Å². The molecule has 0 saturated carbocycles. The smallest absolute Gasteiger partial charge is 0.264 e. The topological polar surface area (TPSA) is 129 Å². The van der Waals surface area contributed by atoms with Crippen molar-refractivity contribution in [2.75, 3.05) is 45.0 Å². The number of hydrogen-bond acceptors (Lipinski definition) is 9. The number of para-hydroxylation sites is 1. The van der Waals surface area contributed by atoms with E-state index in [-0.39, 0.29) is 28.9 Å². The summed E-state index contributed by atoms with van der Waals surface area (Å²) in [6.07, 6.45) is 4.59. The van der Waals surface area contributed by atoms with Crippen molar-refractivity contribution in [1.82, 2.24) is 34.4 Å². The number of ether oxygens (including phenoxy) is 1. The lowest BCUT2D eigenvalue weighted by Gasteiger charge is -2.44. The first-order valence-electron chi connectivity index (χ1n) is 16.5. The Labute approximate surface area is 280 Å². The minimum absolute atomic E-state index is 0.129. The van der Waals surface area contributed by atoms with Crippen molar-refractivity contribution in [3.63, 3.8) is 0 Å². The van der Waals surface area contributed by atoms with Crippen LogP contribution in [0, 0.1) is 17.1 Å². The quantitative estimate of drug-likeness (QED) is 0.196. The molecule has 0 spiro atoms. The Bertz CT molecular complexity index is 1860. The van der Waals surface area contributed by atoms with Crippen molar-refractivity contribution >= 4 is 22.8 Å². The van der Waals surface area contributed by atoms with Gasteiger partial charge in [-0.1, -0.05) is 18.2 Å². The zero-order valence-corrected chi connectivity index (χ0v) is 27.9. The first kappa shape index (κ1) is 33.1. The summed E-state index contributed by atoms with van der Waals surface area (Å²) in [4.78, 5) is 29.0. The number of aromatic nitrogens is 4. The highest BCUT2D eigenvalue weighted by Gasteiger charge is 2.34. The second-order valence-electron chi connectivity index (χ2n) is 13.3. The molecule has 12 heteroatoms. The number of benzene rings is 2. The molecule has 2 aromatic heterocycles. The molecular formula is C36H42FN9O2. The van der Waals surface area contributed by atoms with Gasteiger partial charge in [0.1, 0.15) is 46.8 Å². The van der Waals surface area contributed by atoms with Gasteiger partial charge in [-0.3, -0.25) is 14.6 Å². The second-order valence-corrected chi connectivity index (χ2v) is 13.3. The van der Waals surface area contributed by atoms with Gasteiger partial charge in [-0.05, 0) is 70.9 Å². The van der Waals surface area contributed by atoms with Gasteiger partial charge in [-0.15, -0.1) is 0 Å². The van der Waals surface area contributed by atoms with Crippen LogP contribution in [0.15, 0.2) is 66.5 Å². The summed E-state index contributed by atoms with van der Waals surface area (Å²) >= 11 is 0. The van der Waals surface area contributed by atoms with Crippen LogP contribution in [0.5, 0.6) is 11.5 Å². The van der Waals surface area contributed by atoms with Crippen molar-refractivity contribution in [3.05, 3.63) is 72.3 Å². The number of nitrogens with two attached hydrogens (primary N) is 1. The number of halogens is 1. The number of likely N-dealkylation sites (tertiary alicyclic amines) is 1. The van der Waals surface area contributed by atoms with E-state index in [9.17, 15) is 10.1 Å². The number of piperidine rings is 1. The zero-order chi connectivity index (χ0) is 34.0. The van der Waals surface area contributed by atoms with Crippen LogP contribution in [0.4, 0.5) is 10.2 Å². The summed E-state index contributed by atoms with van der Waals surface area (Å²) in [7, 11) is 0. The van der Waals surface area contributed by atoms with Crippen LogP contribution in [-0.2, 0) is 4.79 Å². The first-order valence-corrected chi connectivity index (χ1v) is 16.5. The first-order chi connectivity index (χ1) is 23.1. The molecule has 4 aromatic rings. The normalized spacial score (nSPS) is 18.3. The predicted molar refractivity (Wildman–Crippen MR) is 183 cm³/mol. The van der Waals surface area contributed by atoms with E-state index in [0.29, 0.717) is 60.2 Å². The number of fused-ring (bicyclic) bond motifs is 1. The number of nitrogen functional groups attached to an aromatic ring is 1. The monoisotopic (exact) mass is 651 g/mol. The van der Waals surface area contributed by atoms with E-state index in [1.165, 1.54) is 12.4 Å². The lowest BCUT2D eigenvalue weighted by Crippen LogP contribution is -2.55. The molecule has 2 fully saturated rings. The Kier molecular flexibility index (Phi) is 9.44. The fourth-order valence-electron chi connectivity index (χ4n) is 6.72. The van der Waals surface area contributed by atoms with Gasteiger partial charge in [0.2, 0.25) is 0 Å². The third-order valence-electron chi connectivity index (χ3n) is 9.43. The SMILES string of the molecule is CC(C)N1CCN(C(C)(C)/C=C(/C#N)C(=O)N2CCC[C@@H](n3nc(-c4ccc(Oc5ccccc5)cc4F)c4c(N)ncnc43)C2)CC1. The van der Waals surface area contributed by atoms with E-state index in [2.05, 4.69) is 53.5 Å². The fourth-order valence-corrected chi connectivity index (χ4v) is 6.72. The highest BCUT2D eigenvalue weighted by molar-refractivity contribution is 5.99. The highest BCUT2D eigenvalue weighted by atomic mass is 19.1. The summed E-state index contributed by atoms with van der Waals surface area (Å²) in [5, 5.41) is 15.4. The van der Waals surface area contributed by atoms with Crippen molar-refractivity contribution in [1.29, 1.82) is 5.26 Å². The minimum Gasteiger partial charge on any atom is -0.457 e. The van der Waals surface area contributed by atoms with Gasteiger partial charge in [-0.25, -0.2) is 19.0 Å².